The number of carbonyl (C=O) groups is 2. The Hall–Kier alpha value is -2.12. The molecule has 0 saturated heterocycles. The summed E-state index contributed by atoms with van der Waals surface area (Å²) in [7, 11) is 2.89. The van der Waals surface area contributed by atoms with Crippen molar-refractivity contribution in [3.63, 3.8) is 0 Å². The van der Waals surface area contributed by atoms with Crippen LogP contribution in [0, 0.1) is 6.92 Å². The van der Waals surface area contributed by atoms with Crippen molar-refractivity contribution in [1.29, 1.82) is 0 Å². The van der Waals surface area contributed by atoms with E-state index in [-0.39, 0.29) is 13.1 Å². The van der Waals surface area contributed by atoms with Crippen LogP contribution in [0.3, 0.4) is 0 Å². The highest BCUT2D eigenvalue weighted by atomic mass is 16.7. The Labute approximate surface area is 129 Å². The van der Waals surface area contributed by atoms with E-state index in [4.69, 9.17) is 18.9 Å². The Bertz CT molecular complexity index is 447. The number of rotatable bonds is 11. The molecule has 0 spiro atoms. The largest absolute Gasteiger partial charge is 0.436 e. The third-order valence-electron chi connectivity index (χ3n) is 3.05. The molecule has 0 heterocycles. The molecular weight excluding hydrogens is 290 g/mol. The summed E-state index contributed by atoms with van der Waals surface area (Å²) < 4.78 is 19.9. The molecule has 0 N–H and O–H groups in total. The molecule has 0 radical (unpaired) electrons. The fourth-order valence-electron chi connectivity index (χ4n) is 1.94. The maximum Gasteiger partial charge on any atom is 0.295 e. The summed E-state index contributed by atoms with van der Waals surface area (Å²) in [6, 6.07) is 7.73. The lowest BCUT2D eigenvalue weighted by molar-refractivity contribution is -0.158. The Morgan fingerprint density at radius 1 is 1.05 bits per heavy atom. The predicted molar refractivity (Wildman–Crippen MR) is 79.3 cm³/mol. The molecule has 1 aromatic rings. The first-order valence-corrected chi connectivity index (χ1v) is 6.70. The van der Waals surface area contributed by atoms with Crippen LogP contribution in [-0.4, -0.2) is 52.8 Å². The number of nitrogens with zero attached hydrogens (tertiary/aromatic N) is 1. The third kappa shape index (κ3) is 5.71. The van der Waals surface area contributed by atoms with Crippen molar-refractivity contribution in [2.45, 2.75) is 19.5 Å². The van der Waals surface area contributed by atoms with E-state index in [1.807, 2.05) is 36.1 Å². The van der Waals surface area contributed by atoms with Crippen LogP contribution in [0.25, 0.3) is 0 Å². The van der Waals surface area contributed by atoms with Crippen LogP contribution in [0.5, 0.6) is 0 Å². The molecule has 7 heteroatoms. The van der Waals surface area contributed by atoms with Gasteiger partial charge in [-0.25, -0.2) is 0 Å². The Kier molecular flexibility index (Phi) is 7.95. The molecular formula is C15H21NO6. The summed E-state index contributed by atoms with van der Waals surface area (Å²) in [4.78, 5) is 22.9. The SMILES string of the molecule is COC(CN(CC(OC)OC=O)c1cccc(C)c1)OC=O. The molecule has 0 aromatic heterocycles. The fraction of sp³-hybridized carbons (Fsp3) is 0.467. The third-order valence-corrected chi connectivity index (χ3v) is 3.05. The molecule has 0 saturated carbocycles. The molecule has 2 atom stereocenters. The maximum absolute atomic E-state index is 10.5. The minimum Gasteiger partial charge on any atom is -0.436 e. The van der Waals surface area contributed by atoms with E-state index < -0.39 is 12.6 Å². The van der Waals surface area contributed by atoms with Gasteiger partial charge in [-0.2, -0.15) is 0 Å². The lowest BCUT2D eigenvalue weighted by Gasteiger charge is -2.30. The average molecular weight is 311 g/mol. The van der Waals surface area contributed by atoms with Crippen LogP contribution in [0.2, 0.25) is 0 Å². The number of methoxy groups -OCH3 is 2. The molecule has 0 amide bonds. The smallest absolute Gasteiger partial charge is 0.295 e. The van der Waals surface area contributed by atoms with Gasteiger partial charge in [0.2, 0.25) is 12.6 Å². The van der Waals surface area contributed by atoms with Crippen molar-refractivity contribution >= 4 is 18.6 Å². The molecule has 0 bridgehead atoms. The van der Waals surface area contributed by atoms with E-state index in [0.717, 1.165) is 11.3 Å². The van der Waals surface area contributed by atoms with Crippen molar-refractivity contribution in [2.75, 3.05) is 32.2 Å². The van der Waals surface area contributed by atoms with Gasteiger partial charge in [-0.1, -0.05) is 12.1 Å². The second-order valence-corrected chi connectivity index (χ2v) is 4.54. The summed E-state index contributed by atoms with van der Waals surface area (Å²) >= 11 is 0. The van der Waals surface area contributed by atoms with Gasteiger partial charge in [0, 0.05) is 19.9 Å². The molecule has 0 fully saturated rings. The summed E-state index contributed by atoms with van der Waals surface area (Å²) in [5, 5.41) is 0. The summed E-state index contributed by atoms with van der Waals surface area (Å²) in [6.07, 6.45) is -1.49. The van der Waals surface area contributed by atoms with Gasteiger partial charge in [0.1, 0.15) is 0 Å². The van der Waals surface area contributed by atoms with E-state index >= 15 is 0 Å². The molecule has 0 aliphatic carbocycles. The highest BCUT2D eigenvalue weighted by Gasteiger charge is 2.20. The van der Waals surface area contributed by atoms with Gasteiger partial charge < -0.3 is 23.8 Å². The molecule has 1 rings (SSSR count). The minimum absolute atomic E-state index is 0.265. The van der Waals surface area contributed by atoms with Crippen molar-refractivity contribution in [3.05, 3.63) is 29.8 Å². The van der Waals surface area contributed by atoms with Crippen LogP contribution in [-0.2, 0) is 28.5 Å². The zero-order valence-electron chi connectivity index (χ0n) is 12.9. The molecule has 0 aliphatic rings. The normalized spacial score (nSPS) is 13.0. The van der Waals surface area contributed by atoms with Gasteiger partial charge in [0.25, 0.3) is 12.9 Å². The van der Waals surface area contributed by atoms with E-state index in [1.54, 1.807) is 0 Å². The molecule has 122 valence electrons. The lowest BCUT2D eigenvalue weighted by Crippen LogP contribution is -2.41. The molecule has 1 aromatic carbocycles. The van der Waals surface area contributed by atoms with Crippen LogP contribution in [0.4, 0.5) is 5.69 Å². The molecule has 7 nitrogen and oxygen atoms in total. The summed E-state index contributed by atoms with van der Waals surface area (Å²) in [6.45, 7) is 3.16. The van der Waals surface area contributed by atoms with Crippen molar-refractivity contribution in [2.24, 2.45) is 0 Å². The number of ether oxygens (including phenoxy) is 4. The minimum atomic E-state index is -0.744. The number of benzene rings is 1. The standard InChI is InChI=1S/C15H21NO6/c1-12-5-4-6-13(7-12)16(8-14(19-2)21-10-17)9-15(20-3)22-11-18/h4-7,10-11,14-15H,8-9H2,1-3H3. The number of hydrogen-bond donors (Lipinski definition) is 0. The second-order valence-electron chi connectivity index (χ2n) is 4.54. The van der Waals surface area contributed by atoms with Gasteiger partial charge in [0.15, 0.2) is 0 Å². The van der Waals surface area contributed by atoms with Crippen molar-refractivity contribution in [1.82, 2.24) is 0 Å². The maximum atomic E-state index is 10.5. The van der Waals surface area contributed by atoms with Gasteiger partial charge in [0.05, 0.1) is 13.1 Å². The second kappa shape index (κ2) is 9.75. The number of hydrogen-bond acceptors (Lipinski definition) is 7. The zero-order chi connectivity index (χ0) is 16.4. The quantitative estimate of drug-likeness (QED) is 0.447. The van der Waals surface area contributed by atoms with Gasteiger partial charge in [-0.15, -0.1) is 0 Å². The Morgan fingerprint density at radius 2 is 1.59 bits per heavy atom. The lowest BCUT2D eigenvalue weighted by atomic mass is 10.2. The zero-order valence-corrected chi connectivity index (χ0v) is 12.9. The van der Waals surface area contributed by atoms with E-state index in [0.29, 0.717) is 12.9 Å². The van der Waals surface area contributed by atoms with Crippen molar-refractivity contribution < 1.29 is 28.5 Å². The number of carbonyl (C=O) groups excluding carboxylic acids is 2. The van der Waals surface area contributed by atoms with Crippen LogP contribution in [0.1, 0.15) is 5.56 Å². The van der Waals surface area contributed by atoms with Crippen molar-refractivity contribution in [3.8, 4) is 0 Å². The monoisotopic (exact) mass is 311 g/mol. The Morgan fingerprint density at radius 3 is 2.00 bits per heavy atom. The first-order valence-electron chi connectivity index (χ1n) is 6.70. The van der Waals surface area contributed by atoms with E-state index in [9.17, 15) is 9.59 Å². The number of aryl methyl sites for hydroxylation is 1. The first kappa shape index (κ1) is 17.9. The average Bonchev–Trinajstić information content (AvgIpc) is 2.52. The topological polar surface area (TPSA) is 74.3 Å². The molecule has 2 unspecified atom stereocenters. The molecule has 0 aliphatic heterocycles. The summed E-state index contributed by atoms with van der Waals surface area (Å²) in [5.41, 5.74) is 1.94. The Balaban J connectivity index is 2.92. The first-order chi connectivity index (χ1) is 10.6. The summed E-state index contributed by atoms with van der Waals surface area (Å²) in [5.74, 6) is 0. The fourth-order valence-corrected chi connectivity index (χ4v) is 1.94. The highest BCUT2D eigenvalue weighted by molar-refractivity contribution is 5.49. The van der Waals surface area contributed by atoms with Gasteiger partial charge in [-0.3, -0.25) is 9.59 Å². The van der Waals surface area contributed by atoms with Crippen LogP contribution >= 0.6 is 0 Å². The van der Waals surface area contributed by atoms with Gasteiger partial charge >= 0.3 is 0 Å². The number of anilines is 1. The van der Waals surface area contributed by atoms with Gasteiger partial charge in [-0.05, 0) is 24.6 Å². The van der Waals surface area contributed by atoms with E-state index in [1.165, 1.54) is 14.2 Å². The van der Waals surface area contributed by atoms with E-state index in [2.05, 4.69) is 0 Å². The van der Waals surface area contributed by atoms with Crippen LogP contribution in [0.15, 0.2) is 24.3 Å². The molecule has 22 heavy (non-hydrogen) atoms. The highest BCUT2D eigenvalue weighted by Crippen LogP contribution is 2.18. The van der Waals surface area contributed by atoms with Crippen LogP contribution < -0.4 is 4.90 Å². The predicted octanol–water partition coefficient (Wildman–Crippen LogP) is 1.09.